The highest BCUT2D eigenvalue weighted by Crippen LogP contribution is 2.43. The molecule has 0 saturated carbocycles. The molecule has 0 radical (unpaired) electrons. The second-order valence-corrected chi connectivity index (χ2v) is 13.0. The summed E-state index contributed by atoms with van der Waals surface area (Å²) in [7, 11) is 0. The number of hydrogen-bond acceptors (Lipinski definition) is 11. The van der Waals surface area contributed by atoms with E-state index in [0.717, 1.165) is 51.5 Å². The third-order valence-electron chi connectivity index (χ3n) is 9.36. The van der Waals surface area contributed by atoms with Gasteiger partial charge in [-0.15, -0.1) is 0 Å². The van der Waals surface area contributed by atoms with Crippen LogP contribution in [-0.2, 0) is 4.79 Å². The maximum absolute atomic E-state index is 15.2. The minimum absolute atomic E-state index is 0.0682. The number of anilines is 1. The fourth-order valence-electron chi connectivity index (χ4n) is 6.84. The number of hydrogen-bond donors (Lipinski definition) is 4. The van der Waals surface area contributed by atoms with Crippen LogP contribution in [0.3, 0.4) is 0 Å². The molecule has 13 heteroatoms. The maximum atomic E-state index is 15.2. The van der Waals surface area contributed by atoms with Gasteiger partial charge in [0.05, 0.1) is 42.8 Å². The van der Waals surface area contributed by atoms with Crippen LogP contribution in [0.2, 0.25) is 5.02 Å². The molecule has 4 N–H and O–H groups in total. The van der Waals surface area contributed by atoms with Crippen LogP contribution in [0.1, 0.15) is 43.7 Å². The quantitative estimate of drug-likeness (QED) is 0.178. The number of carbonyl (C=O) groups excluding carboxylic acids is 1. The highest BCUT2D eigenvalue weighted by molar-refractivity contribution is 6.30. The molecule has 1 aromatic heterocycles. The molecule has 0 bridgehead atoms. The standard InChI is InChI=1S/C31H43ClFN5O6/c32-22-13-34-30(35-14-22)37-8-5-21(6-9-37)2-1-11-44-23-3-4-24(25(33)12-23)26(16-39)38-19-31(20-38)7-10-36(18-31)15-27(41)29(43)28(42)17-40/h3-4,12-14,16,21,26-29,40-43H,1-2,5-11,15,17-20H2/t26?,27-,28+,29-/m0/s1. The molecular weight excluding hydrogens is 593 g/mol. The SMILES string of the molecule is O=CC(c1ccc(OCCCC2CCN(c3ncc(Cl)cn3)CC2)cc1F)N1CC2(CCN(C[C@H](O)[C@H](O)[C@H](O)CO)C2)C1. The number of benzene rings is 1. The monoisotopic (exact) mass is 635 g/mol. The summed E-state index contributed by atoms with van der Waals surface area (Å²) in [6.07, 6.45) is 4.86. The average Bonchev–Trinajstić information content (AvgIpc) is 3.44. The number of aliphatic hydroxyl groups is 4. The van der Waals surface area contributed by atoms with Crippen molar-refractivity contribution in [3.8, 4) is 5.75 Å². The van der Waals surface area contributed by atoms with Crippen molar-refractivity contribution in [1.29, 1.82) is 0 Å². The van der Waals surface area contributed by atoms with E-state index in [4.69, 9.17) is 21.4 Å². The molecule has 1 spiro atoms. The molecule has 4 atom stereocenters. The Bertz CT molecular complexity index is 1230. The number of likely N-dealkylation sites (tertiary alicyclic amines) is 2. The van der Waals surface area contributed by atoms with Gasteiger partial charge in [0, 0.05) is 56.3 Å². The van der Waals surface area contributed by atoms with Crippen LogP contribution in [0.5, 0.6) is 5.75 Å². The lowest BCUT2D eigenvalue weighted by Gasteiger charge is -2.50. The molecule has 242 valence electrons. The van der Waals surface area contributed by atoms with E-state index in [9.17, 15) is 20.1 Å². The number of aldehydes is 1. The first-order valence-electron chi connectivity index (χ1n) is 15.4. The number of β-amino-alcohol motifs (C(OH)–C–C–N with tert-alkyl or cyclic N) is 1. The minimum Gasteiger partial charge on any atom is -0.493 e. The molecule has 3 saturated heterocycles. The lowest BCUT2D eigenvalue weighted by Crippen LogP contribution is -2.59. The maximum Gasteiger partial charge on any atom is 0.225 e. The van der Waals surface area contributed by atoms with Crippen molar-refractivity contribution < 1.29 is 34.3 Å². The fraction of sp³-hybridized carbons (Fsp3) is 0.645. The number of piperidine rings is 1. The van der Waals surface area contributed by atoms with Crippen LogP contribution in [0.4, 0.5) is 10.3 Å². The van der Waals surface area contributed by atoms with E-state index in [1.807, 2.05) is 9.80 Å². The number of rotatable bonds is 14. The van der Waals surface area contributed by atoms with E-state index >= 15 is 4.39 Å². The molecule has 11 nitrogen and oxygen atoms in total. The summed E-state index contributed by atoms with van der Waals surface area (Å²) < 4.78 is 21.0. The summed E-state index contributed by atoms with van der Waals surface area (Å²) in [5.41, 5.74) is 0.256. The van der Waals surface area contributed by atoms with Gasteiger partial charge in [0.25, 0.3) is 0 Å². The van der Waals surface area contributed by atoms with E-state index in [2.05, 4.69) is 14.9 Å². The third-order valence-corrected chi connectivity index (χ3v) is 9.55. The largest absolute Gasteiger partial charge is 0.493 e. The van der Waals surface area contributed by atoms with Gasteiger partial charge in [-0.05, 0) is 50.6 Å². The van der Waals surface area contributed by atoms with Crippen molar-refractivity contribution in [2.24, 2.45) is 11.3 Å². The molecule has 44 heavy (non-hydrogen) atoms. The van der Waals surface area contributed by atoms with Crippen molar-refractivity contribution in [1.82, 2.24) is 19.8 Å². The Morgan fingerprint density at radius 1 is 1.09 bits per heavy atom. The van der Waals surface area contributed by atoms with Crippen LogP contribution in [-0.4, -0.2) is 124 Å². The van der Waals surface area contributed by atoms with Gasteiger partial charge in [0.1, 0.15) is 30.1 Å². The molecule has 0 amide bonds. The van der Waals surface area contributed by atoms with Crippen LogP contribution >= 0.6 is 11.6 Å². The second-order valence-electron chi connectivity index (χ2n) is 12.6. The van der Waals surface area contributed by atoms with Gasteiger partial charge < -0.3 is 34.9 Å². The summed E-state index contributed by atoms with van der Waals surface area (Å²) in [6, 6.07) is 4.02. The normalized spacial score (nSPS) is 22.0. The van der Waals surface area contributed by atoms with Crippen molar-refractivity contribution >= 4 is 23.8 Å². The lowest BCUT2D eigenvalue weighted by atomic mass is 9.77. The van der Waals surface area contributed by atoms with E-state index in [0.29, 0.717) is 61.0 Å². The highest BCUT2D eigenvalue weighted by atomic mass is 35.5. The Labute approximate surface area is 262 Å². The van der Waals surface area contributed by atoms with Crippen LogP contribution in [0, 0.1) is 17.2 Å². The Morgan fingerprint density at radius 2 is 1.82 bits per heavy atom. The molecular formula is C31H43ClFN5O6. The van der Waals surface area contributed by atoms with Crippen LogP contribution in [0.25, 0.3) is 0 Å². The van der Waals surface area contributed by atoms with E-state index in [1.165, 1.54) is 6.07 Å². The molecule has 1 aromatic carbocycles. The Balaban J connectivity index is 1.03. The highest BCUT2D eigenvalue weighted by Gasteiger charge is 2.50. The van der Waals surface area contributed by atoms with Gasteiger partial charge >= 0.3 is 0 Å². The number of nitrogens with zero attached hydrogens (tertiary/aromatic N) is 5. The van der Waals surface area contributed by atoms with Crippen molar-refractivity contribution in [2.45, 2.75) is 56.5 Å². The van der Waals surface area contributed by atoms with Gasteiger partial charge in [0.2, 0.25) is 5.95 Å². The molecule has 5 rings (SSSR count). The molecule has 3 aliphatic heterocycles. The first kappa shape index (κ1) is 32.9. The van der Waals surface area contributed by atoms with E-state index in [-0.39, 0.29) is 12.0 Å². The predicted octanol–water partition coefficient (Wildman–Crippen LogP) is 1.67. The lowest BCUT2D eigenvalue weighted by molar-refractivity contribution is -0.118. The molecule has 4 heterocycles. The summed E-state index contributed by atoms with van der Waals surface area (Å²) >= 11 is 5.89. The Hall–Kier alpha value is -2.45. The Morgan fingerprint density at radius 3 is 2.48 bits per heavy atom. The number of aliphatic hydroxyl groups excluding tert-OH is 4. The molecule has 1 unspecified atom stereocenters. The number of ether oxygens (including phenoxy) is 1. The van der Waals surface area contributed by atoms with Gasteiger partial charge in [-0.2, -0.15) is 0 Å². The summed E-state index contributed by atoms with van der Waals surface area (Å²) in [4.78, 5) is 26.8. The first-order valence-corrected chi connectivity index (χ1v) is 15.8. The topological polar surface area (TPSA) is 143 Å². The number of carbonyl (C=O) groups is 1. The van der Waals surface area contributed by atoms with E-state index in [1.54, 1.807) is 24.5 Å². The van der Waals surface area contributed by atoms with E-state index < -0.39 is 36.8 Å². The zero-order valence-corrected chi connectivity index (χ0v) is 25.6. The number of halogens is 2. The average molecular weight is 636 g/mol. The Kier molecular flexibility index (Phi) is 11.0. The molecule has 3 aliphatic rings. The summed E-state index contributed by atoms with van der Waals surface area (Å²) in [6.45, 7) is 4.45. The van der Waals surface area contributed by atoms with Crippen molar-refractivity contribution in [3.05, 3.63) is 47.0 Å². The fourth-order valence-corrected chi connectivity index (χ4v) is 6.93. The van der Waals surface area contributed by atoms with Gasteiger partial charge in [-0.1, -0.05) is 17.7 Å². The van der Waals surface area contributed by atoms with Crippen LogP contribution in [0.15, 0.2) is 30.6 Å². The second kappa shape index (κ2) is 14.8. The predicted molar refractivity (Wildman–Crippen MR) is 162 cm³/mol. The molecule has 0 aliphatic carbocycles. The molecule has 3 fully saturated rings. The summed E-state index contributed by atoms with van der Waals surface area (Å²) in [5, 5.41) is 39.3. The zero-order valence-electron chi connectivity index (χ0n) is 24.8. The smallest absolute Gasteiger partial charge is 0.225 e. The number of aromatic nitrogens is 2. The van der Waals surface area contributed by atoms with Crippen molar-refractivity contribution in [3.63, 3.8) is 0 Å². The van der Waals surface area contributed by atoms with Crippen molar-refractivity contribution in [2.75, 3.05) is 63.9 Å². The van der Waals surface area contributed by atoms with Gasteiger partial charge in [-0.25, -0.2) is 14.4 Å². The summed E-state index contributed by atoms with van der Waals surface area (Å²) in [5.74, 6) is 1.29. The van der Waals surface area contributed by atoms with Gasteiger partial charge in [0.15, 0.2) is 0 Å². The zero-order chi connectivity index (χ0) is 31.3. The molecule has 2 aromatic rings. The first-order chi connectivity index (χ1) is 21.2. The minimum atomic E-state index is -1.43. The third kappa shape index (κ3) is 7.85. The van der Waals surface area contributed by atoms with Crippen LogP contribution < -0.4 is 9.64 Å². The van der Waals surface area contributed by atoms with Gasteiger partial charge in [-0.3, -0.25) is 9.80 Å².